The number of aromatic nitrogens is 2. The van der Waals surface area contributed by atoms with Crippen molar-refractivity contribution in [2.45, 2.75) is 37.8 Å². The van der Waals surface area contributed by atoms with Gasteiger partial charge in [-0.1, -0.05) is 12.1 Å². The minimum atomic E-state index is -1.49. The zero-order valence-corrected chi connectivity index (χ0v) is 35.1. The maximum Gasteiger partial charge on any atom is 0.278 e. The molecule has 6 heterocycles. The van der Waals surface area contributed by atoms with Crippen molar-refractivity contribution >= 4 is 23.6 Å². The Morgan fingerprint density at radius 3 is 1.82 bits per heavy atom. The van der Waals surface area contributed by atoms with E-state index in [0.29, 0.717) is 12.1 Å². The van der Waals surface area contributed by atoms with Gasteiger partial charge in [-0.2, -0.15) is 0 Å². The Balaban J connectivity index is 1.22. The number of pyridine rings is 2. The first-order valence-electron chi connectivity index (χ1n) is 20.2. The molecule has 4 aliphatic rings. The van der Waals surface area contributed by atoms with E-state index in [1.807, 2.05) is 0 Å². The number of rotatable bonds is 14. The first-order chi connectivity index (χ1) is 31.1. The van der Waals surface area contributed by atoms with Crippen molar-refractivity contribution < 1.29 is 60.8 Å². The number of benzene rings is 2. The number of ether oxygens (including phenoxy) is 4. The predicted octanol–water partition coefficient (Wildman–Crippen LogP) is 1.10. The van der Waals surface area contributed by atoms with Gasteiger partial charge in [-0.3, -0.25) is 38.5 Å². The molecule has 0 atom stereocenters. The van der Waals surface area contributed by atoms with Crippen LogP contribution in [0.2, 0.25) is 0 Å². The monoisotopic (exact) mass is 910 g/mol. The maximum absolute atomic E-state index is 14.6. The van der Waals surface area contributed by atoms with Crippen molar-refractivity contribution in [3.05, 3.63) is 126 Å². The molecule has 19 nitrogen and oxygen atoms in total. The average Bonchev–Trinajstić information content (AvgIpc) is 3.24. The molecule has 4 aromatic rings. The molecule has 8 rings (SSSR count). The number of carbonyl (C=O) groups is 4. The van der Waals surface area contributed by atoms with Crippen molar-refractivity contribution in [2.24, 2.45) is 0 Å². The third-order valence-corrected chi connectivity index (χ3v) is 12.0. The number of carbonyl (C=O) groups excluding carboxylic acids is 4. The molecule has 0 bridgehead atoms. The highest BCUT2D eigenvalue weighted by molar-refractivity contribution is 6.01. The van der Waals surface area contributed by atoms with Gasteiger partial charge < -0.3 is 44.5 Å². The molecule has 2 fully saturated rings. The van der Waals surface area contributed by atoms with E-state index in [-0.39, 0.29) is 69.4 Å². The predicted molar refractivity (Wildman–Crippen MR) is 217 cm³/mol. The van der Waals surface area contributed by atoms with Gasteiger partial charge in [-0.25, -0.2) is 27.2 Å². The molecule has 0 radical (unpaired) electrons. The van der Waals surface area contributed by atoms with Gasteiger partial charge in [-0.05, 0) is 25.5 Å². The lowest BCUT2D eigenvalue weighted by atomic mass is 10.0. The lowest BCUT2D eigenvalue weighted by molar-refractivity contribution is -0.148. The van der Waals surface area contributed by atoms with Crippen LogP contribution >= 0.6 is 0 Å². The summed E-state index contributed by atoms with van der Waals surface area (Å²) in [6, 6.07) is 5.41. The summed E-state index contributed by atoms with van der Waals surface area (Å²) in [6.07, 6.45) is 2.34. The van der Waals surface area contributed by atoms with Crippen LogP contribution < -0.4 is 36.2 Å². The van der Waals surface area contributed by atoms with E-state index in [4.69, 9.17) is 18.9 Å². The summed E-state index contributed by atoms with van der Waals surface area (Å²) in [7, 11) is 3.05. The Kier molecular flexibility index (Phi) is 11.8. The average molecular weight is 911 g/mol. The highest BCUT2D eigenvalue weighted by Crippen LogP contribution is 2.38. The number of nitrogens with zero attached hydrogens (tertiary/aromatic N) is 6. The van der Waals surface area contributed by atoms with Crippen LogP contribution in [0.4, 0.5) is 17.6 Å². The molecule has 0 aliphatic carbocycles. The van der Waals surface area contributed by atoms with Crippen LogP contribution in [0, 0.1) is 23.3 Å². The highest BCUT2D eigenvalue weighted by Gasteiger charge is 2.58. The molecule has 4 amide bonds. The van der Waals surface area contributed by atoms with Crippen LogP contribution in [0.5, 0.6) is 11.5 Å². The fraction of sp³-hybridized carbons (Fsp3) is 0.381. The number of likely N-dealkylation sites (N-methyl/N-ethyl adjacent to an activating group) is 2. The molecule has 0 saturated carbocycles. The summed E-state index contributed by atoms with van der Waals surface area (Å²) >= 11 is 0. The molecule has 2 spiro atoms. The van der Waals surface area contributed by atoms with Gasteiger partial charge >= 0.3 is 0 Å². The summed E-state index contributed by atoms with van der Waals surface area (Å²) in [5.74, 6) is -9.11. The van der Waals surface area contributed by atoms with Crippen molar-refractivity contribution in [3.63, 3.8) is 0 Å². The minimum absolute atomic E-state index is 0.0209. The molecule has 2 saturated heterocycles. The molecule has 2 aromatic carbocycles. The Hall–Kier alpha value is -6.98. The molecule has 23 heteroatoms. The molecule has 65 heavy (non-hydrogen) atoms. The van der Waals surface area contributed by atoms with Crippen molar-refractivity contribution in [3.8, 4) is 11.5 Å². The molecular weight excluding hydrogens is 868 g/mol. The van der Waals surface area contributed by atoms with E-state index in [0.717, 1.165) is 41.3 Å². The third kappa shape index (κ3) is 7.37. The third-order valence-electron chi connectivity index (χ3n) is 12.0. The van der Waals surface area contributed by atoms with Gasteiger partial charge in [0.25, 0.3) is 23.6 Å². The Labute approximate surface area is 366 Å². The summed E-state index contributed by atoms with van der Waals surface area (Å²) in [5, 5.41) is 19.1. The number of aromatic hydroxyl groups is 1. The Morgan fingerprint density at radius 1 is 0.769 bits per heavy atom. The second-order valence-corrected chi connectivity index (χ2v) is 15.6. The van der Waals surface area contributed by atoms with Gasteiger partial charge in [0.1, 0.15) is 34.4 Å². The van der Waals surface area contributed by atoms with Crippen molar-refractivity contribution in [2.75, 3.05) is 77.0 Å². The van der Waals surface area contributed by atoms with Gasteiger partial charge in [-0.15, -0.1) is 0 Å². The number of hydrogen-bond donors (Lipinski definition) is 3. The van der Waals surface area contributed by atoms with E-state index in [1.54, 1.807) is 19.0 Å². The fourth-order valence-corrected chi connectivity index (χ4v) is 8.31. The molecule has 2 aromatic heterocycles. The Morgan fingerprint density at radius 2 is 1.31 bits per heavy atom. The second kappa shape index (κ2) is 17.2. The van der Waals surface area contributed by atoms with E-state index < -0.39 is 117 Å². The van der Waals surface area contributed by atoms with E-state index in [9.17, 15) is 51.4 Å². The first kappa shape index (κ1) is 44.6. The molecule has 3 N–H and O–H groups in total. The zero-order chi connectivity index (χ0) is 46.5. The largest absolute Gasteiger partial charge is 0.502 e. The molecule has 0 unspecified atom stereocenters. The number of nitrogens with one attached hydrogen (secondary N) is 2. The van der Waals surface area contributed by atoms with Crippen LogP contribution in [-0.4, -0.2) is 126 Å². The van der Waals surface area contributed by atoms with Gasteiger partial charge in [0.2, 0.25) is 16.6 Å². The van der Waals surface area contributed by atoms with Crippen LogP contribution in [0.3, 0.4) is 0 Å². The number of amides is 4. The van der Waals surface area contributed by atoms with Crippen LogP contribution in [0.1, 0.15) is 66.2 Å². The maximum atomic E-state index is 14.6. The summed E-state index contributed by atoms with van der Waals surface area (Å²) in [4.78, 5) is 87.3. The second-order valence-electron chi connectivity index (χ2n) is 15.6. The summed E-state index contributed by atoms with van der Waals surface area (Å²) in [5.41, 5.74) is -7.32. The Bertz CT molecular complexity index is 2740. The van der Waals surface area contributed by atoms with E-state index in [2.05, 4.69) is 10.6 Å². The number of fused-ring (bicyclic) bond motifs is 2. The van der Waals surface area contributed by atoms with Crippen LogP contribution in [-0.2, 0) is 27.3 Å². The first-order valence-corrected chi connectivity index (χ1v) is 20.2. The SMILES string of the molecule is CCN1C(=O)c2c(OCN3n4cc(C(=O)NCc5ccc(F)cc5F)c(=O)c(O)c4C(=O)N(CCCOC)C34COC4)c(=O)c(C(=O)NCc3ccc(F)cc3F)cn2N(C)C12COC2. The van der Waals surface area contributed by atoms with Gasteiger partial charge in [0.15, 0.2) is 35.2 Å². The lowest BCUT2D eigenvalue weighted by Gasteiger charge is -2.59. The fourth-order valence-electron chi connectivity index (χ4n) is 8.31. The van der Waals surface area contributed by atoms with Crippen LogP contribution in [0.15, 0.2) is 58.4 Å². The molecule has 344 valence electrons. The summed E-state index contributed by atoms with van der Waals surface area (Å²) in [6.45, 7) is -0.0111. The standard InChI is InChI=1S/C42H42F4N8O11/c1-4-50-40(61)32-36(34(56)28(16-52(32)49(2)41(50)18-63-19-41)38(59)48-15-24-7-9-26(44)13-30(24)46)65-22-54-42(20-64-21-42)51(10-5-11-62-3)39(60)31-35(57)33(55)27(17-53(31)54)37(58)47-14-23-6-8-25(43)12-29(23)45/h6-9,12-13,16-17,57H,4-5,10-11,14-15,18-22H2,1-3H3,(H,47,58)(H,48,59). The highest BCUT2D eigenvalue weighted by atomic mass is 19.1. The van der Waals surface area contributed by atoms with Crippen LogP contribution in [0.25, 0.3) is 0 Å². The zero-order valence-electron chi connectivity index (χ0n) is 35.1. The quantitative estimate of drug-likeness (QED) is 0.120. The lowest BCUT2D eigenvalue weighted by Crippen LogP contribution is -2.79. The number of hydrogen-bond acceptors (Lipinski definition) is 13. The van der Waals surface area contributed by atoms with Gasteiger partial charge in [0, 0.05) is 82.6 Å². The number of halogens is 4. The van der Waals surface area contributed by atoms with E-state index >= 15 is 0 Å². The van der Waals surface area contributed by atoms with Gasteiger partial charge in [0.05, 0.1) is 26.4 Å². The smallest absolute Gasteiger partial charge is 0.278 e. The minimum Gasteiger partial charge on any atom is -0.502 e. The van der Waals surface area contributed by atoms with Crippen molar-refractivity contribution in [1.29, 1.82) is 0 Å². The summed E-state index contributed by atoms with van der Waals surface area (Å²) < 4.78 is 81.2. The van der Waals surface area contributed by atoms with E-state index in [1.165, 1.54) is 26.6 Å². The normalized spacial score (nSPS) is 16.8. The van der Waals surface area contributed by atoms with Crippen molar-refractivity contribution in [1.82, 2.24) is 29.8 Å². The molecular formula is C42H42F4N8O11. The topological polar surface area (TPSA) is 206 Å². The molecule has 4 aliphatic heterocycles. The number of methoxy groups -OCH3 is 1.